The maximum Gasteiger partial charge on any atom is 0.126 e. The lowest BCUT2D eigenvalue weighted by atomic mass is 10.2. The fraction of sp³-hybridized carbons (Fsp3) is 0.375. The third-order valence-electron chi connectivity index (χ3n) is 1.31. The van der Waals surface area contributed by atoms with Gasteiger partial charge in [-0.1, -0.05) is 13.0 Å². The number of nitrogens with two attached hydrogens (primary N) is 1. The van der Waals surface area contributed by atoms with Crippen LogP contribution in [0, 0.1) is 0 Å². The Morgan fingerprint density at radius 2 is 2.18 bits per heavy atom. The number of anilines is 1. The number of nitrogens with zero attached hydrogens (tertiary/aromatic N) is 1. The van der Waals surface area contributed by atoms with Crippen molar-refractivity contribution >= 4 is 5.82 Å². The summed E-state index contributed by atoms with van der Waals surface area (Å²) in [5.74, 6) is 0.653. The van der Waals surface area contributed by atoms with E-state index in [0.29, 0.717) is 5.82 Å². The zero-order valence-electron chi connectivity index (χ0n) is 6.91. The van der Waals surface area contributed by atoms with Gasteiger partial charge in [-0.3, -0.25) is 0 Å². The summed E-state index contributed by atoms with van der Waals surface area (Å²) < 4.78 is 0. The topological polar surface area (TPSA) is 59.1 Å². The summed E-state index contributed by atoms with van der Waals surface area (Å²) in [6.07, 6.45) is 2.66. The van der Waals surface area contributed by atoms with Gasteiger partial charge in [-0.05, 0) is 18.1 Å². The highest BCUT2D eigenvalue weighted by Crippen LogP contribution is 2.05. The van der Waals surface area contributed by atoms with Gasteiger partial charge in [0.05, 0.1) is 0 Å². The van der Waals surface area contributed by atoms with Gasteiger partial charge in [0.2, 0.25) is 0 Å². The van der Waals surface area contributed by atoms with E-state index >= 15 is 0 Å². The molecule has 0 radical (unpaired) electrons. The van der Waals surface area contributed by atoms with E-state index in [9.17, 15) is 0 Å². The second kappa shape index (κ2) is 5.68. The van der Waals surface area contributed by atoms with Gasteiger partial charge in [0.15, 0.2) is 0 Å². The van der Waals surface area contributed by atoms with E-state index in [0.717, 1.165) is 19.1 Å². The van der Waals surface area contributed by atoms with E-state index in [1.165, 1.54) is 0 Å². The highest BCUT2D eigenvalue weighted by Gasteiger charge is 1.91. The molecule has 1 heterocycles. The summed E-state index contributed by atoms with van der Waals surface area (Å²) in [5.41, 5.74) is 6.64. The van der Waals surface area contributed by atoms with Gasteiger partial charge < -0.3 is 10.8 Å². The van der Waals surface area contributed by atoms with Gasteiger partial charge in [0.25, 0.3) is 0 Å². The molecule has 0 amide bonds. The van der Waals surface area contributed by atoms with Crippen molar-refractivity contribution < 1.29 is 5.11 Å². The number of hydrogen-bond donors (Lipinski definition) is 2. The van der Waals surface area contributed by atoms with Gasteiger partial charge in [-0.15, -0.1) is 0 Å². The van der Waals surface area contributed by atoms with E-state index < -0.39 is 0 Å². The van der Waals surface area contributed by atoms with Crippen LogP contribution in [0.2, 0.25) is 0 Å². The number of aliphatic hydroxyl groups is 1. The summed E-state index contributed by atoms with van der Waals surface area (Å²) in [4.78, 5) is 3.93. The Bertz CT molecular complexity index is 201. The van der Waals surface area contributed by atoms with Gasteiger partial charge >= 0.3 is 0 Å². The van der Waals surface area contributed by atoms with E-state index in [1.807, 2.05) is 12.1 Å². The molecule has 3 heteroatoms. The maximum absolute atomic E-state index is 7.00. The average Bonchev–Trinajstić information content (AvgIpc) is 2.09. The largest absolute Gasteiger partial charge is 0.400 e. The first-order chi connectivity index (χ1) is 5.34. The molecule has 1 rings (SSSR count). The molecule has 0 spiro atoms. The van der Waals surface area contributed by atoms with Crippen molar-refractivity contribution in [1.29, 1.82) is 0 Å². The van der Waals surface area contributed by atoms with Crippen LogP contribution in [-0.4, -0.2) is 17.2 Å². The van der Waals surface area contributed by atoms with Crippen LogP contribution in [0.1, 0.15) is 12.5 Å². The molecular formula is C8H14N2O. The molecular weight excluding hydrogens is 140 g/mol. The van der Waals surface area contributed by atoms with Crippen molar-refractivity contribution in [3.63, 3.8) is 0 Å². The van der Waals surface area contributed by atoms with Crippen molar-refractivity contribution in [3.05, 3.63) is 23.9 Å². The maximum atomic E-state index is 7.00. The third kappa shape index (κ3) is 3.00. The van der Waals surface area contributed by atoms with Crippen LogP contribution >= 0.6 is 0 Å². The minimum atomic E-state index is 0.653. The lowest BCUT2D eigenvalue weighted by Gasteiger charge is -1.97. The summed E-state index contributed by atoms with van der Waals surface area (Å²) in [7, 11) is 1.00. The Labute approximate surface area is 66.9 Å². The fourth-order valence-corrected chi connectivity index (χ4v) is 0.750. The predicted octanol–water partition coefficient (Wildman–Crippen LogP) is 0.835. The standard InChI is InChI=1S/C7H10N2.CH4O/c1-2-6-4-3-5-9-7(6)8;1-2/h3-5H,2H2,1H3,(H2,8,9);2H,1H3. The Morgan fingerprint density at radius 3 is 2.55 bits per heavy atom. The lowest BCUT2D eigenvalue weighted by molar-refractivity contribution is 0.399. The van der Waals surface area contributed by atoms with Crippen LogP contribution in [0.15, 0.2) is 18.3 Å². The van der Waals surface area contributed by atoms with E-state index in [2.05, 4.69) is 11.9 Å². The Balaban J connectivity index is 0.000000461. The molecule has 11 heavy (non-hydrogen) atoms. The van der Waals surface area contributed by atoms with Crippen molar-refractivity contribution in [3.8, 4) is 0 Å². The van der Waals surface area contributed by atoms with Crippen molar-refractivity contribution in [2.75, 3.05) is 12.8 Å². The van der Waals surface area contributed by atoms with Gasteiger partial charge in [0, 0.05) is 13.3 Å². The summed E-state index contributed by atoms with van der Waals surface area (Å²) >= 11 is 0. The minimum absolute atomic E-state index is 0.653. The number of aliphatic hydroxyl groups excluding tert-OH is 1. The molecule has 0 aliphatic heterocycles. The molecule has 0 saturated heterocycles. The SMILES string of the molecule is CCc1cccnc1N.CO. The van der Waals surface area contributed by atoms with Crippen LogP contribution in [0.5, 0.6) is 0 Å². The molecule has 0 aliphatic rings. The van der Waals surface area contributed by atoms with Crippen LogP contribution in [0.25, 0.3) is 0 Å². The van der Waals surface area contributed by atoms with Crippen LogP contribution in [-0.2, 0) is 6.42 Å². The first-order valence-electron chi connectivity index (χ1n) is 3.48. The number of rotatable bonds is 1. The van der Waals surface area contributed by atoms with Crippen molar-refractivity contribution in [2.45, 2.75) is 13.3 Å². The number of pyridine rings is 1. The smallest absolute Gasteiger partial charge is 0.126 e. The van der Waals surface area contributed by atoms with E-state index in [-0.39, 0.29) is 0 Å². The summed E-state index contributed by atoms with van der Waals surface area (Å²) in [6, 6.07) is 3.89. The zero-order chi connectivity index (χ0) is 8.69. The fourth-order valence-electron chi connectivity index (χ4n) is 0.750. The second-order valence-electron chi connectivity index (χ2n) is 1.90. The summed E-state index contributed by atoms with van der Waals surface area (Å²) in [5, 5.41) is 7.00. The molecule has 0 aliphatic carbocycles. The number of aromatic nitrogens is 1. The number of aryl methyl sites for hydroxylation is 1. The Hall–Kier alpha value is -1.09. The molecule has 0 atom stereocenters. The zero-order valence-corrected chi connectivity index (χ0v) is 6.91. The highest BCUT2D eigenvalue weighted by molar-refractivity contribution is 5.37. The Kier molecular flexibility index (Phi) is 5.11. The quantitative estimate of drug-likeness (QED) is 0.630. The molecule has 3 nitrogen and oxygen atoms in total. The van der Waals surface area contributed by atoms with E-state index in [4.69, 9.17) is 10.8 Å². The molecule has 0 bridgehead atoms. The first-order valence-corrected chi connectivity index (χ1v) is 3.48. The first kappa shape index (κ1) is 9.91. The molecule has 1 aromatic heterocycles. The monoisotopic (exact) mass is 154 g/mol. The third-order valence-corrected chi connectivity index (χ3v) is 1.31. The van der Waals surface area contributed by atoms with Crippen LogP contribution < -0.4 is 5.73 Å². The van der Waals surface area contributed by atoms with Gasteiger partial charge in [-0.25, -0.2) is 4.98 Å². The van der Waals surface area contributed by atoms with Crippen LogP contribution in [0.4, 0.5) is 5.82 Å². The average molecular weight is 154 g/mol. The van der Waals surface area contributed by atoms with E-state index in [1.54, 1.807) is 6.20 Å². The van der Waals surface area contributed by atoms with Crippen molar-refractivity contribution in [1.82, 2.24) is 4.98 Å². The minimum Gasteiger partial charge on any atom is -0.400 e. The molecule has 0 aromatic carbocycles. The predicted molar refractivity (Wildman–Crippen MR) is 46.2 cm³/mol. The molecule has 0 saturated carbocycles. The molecule has 3 N–H and O–H groups in total. The highest BCUT2D eigenvalue weighted by atomic mass is 16.2. The molecule has 0 fully saturated rings. The van der Waals surface area contributed by atoms with Crippen molar-refractivity contribution in [2.24, 2.45) is 0 Å². The number of hydrogen-bond acceptors (Lipinski definition) is 3. The summed E-state index contributed by atoms with van der Waals surface area (Å²) in [6.45, 7) is 2.06. The second-order valence-corrected chi connectivity index (χ2v) is 1.90. The number of nitrogen functional groups attached to an aromatic ring is 1. The van der Waals surface area contributed by atoms with Crippen LogP contribution in [0.3, 0.4) is 0 Å². The normalized spacial score (nSPS) is 8.27. The molecule has 1 aromatic rings. The van der Waals surface area contributed by atoms with Gasteiger partial charge in [0.1, 0.15) is 5.82 Å². The Morgan fingerprint density at radius 1 is 1.55 bits per heavy atom. The molecule has 62 valence electrons. The molecule has 0 unspecified atom stereocenters. The lowest BCUT2D eigenvalue weighted by Crippen LogP contribution is -1.94. The van der Waals surface area contributed by atoms with Gasteiger partial charge in [-0.2, -0.15) is 0 Å².